The topological polar surface area (TPSA) is 65.2 Å². The zero-order valence-electron chi connectivity index (χ0n) is 11.5. The minimum absolute atomic E-state index is 0.0188. The molecule has 1 aliphatic carbocycles. The number of rotatable bonds is 3. The van der Waals surface area contributed by atoms with Crippen LogP contribution in [-0.2, 0) is 9.53 Å². The fourth-order valence-corrected chi connectivity index (χ4v) is 2.35. The fraction of sp³-hybridized carbons (Fsp3) is 0.467. The van der Waals surface area contributed by atoms with Crippen molar-refractivity contribution in [1.82, 2.24) is 4.98 Å². The van der Waals surface area contributed by atoms with Crippen LogP contribution in [-0.4, -0.2) is 17.6 Å². The number of nitrogen functional groups attached to an aromatic ring is 1. The maximum atomic E-state index is 11.7. The molecule has 19 heavy (non-hydrogen) atoms. The van der Waals surface area contributed by atoms with Gasteiger partial charge in [0.1, 0.15) is 0 Å². The molecule has 0 radical (unpaired) electrons. The number of pyridine rings is 1. The lowest BCUT2D eigenvalue weighted by molar-refractivity contribution is -0.148. The van der Waals surface area contributed by atoms with Crippen molar-refractivity contribution in [2.75, 3.05) is 12.3 Å². The monoisotopic (exact) mass is 260 g/mol. The average Bonchev–Trinajstić information content (AvgIpc) is 2.42. The van der Waals surface area contributed by atoms with Crippen molar-refractivity contribution in [2.24, 2.45) is 5.92 Å². The zero-order valence-corrected chi connectivity index (χ0v) is 11.5. The minimum atomic E-state index is -0.0945. The number of carbonyl (C=O) groups is 1. The Morgan fingerprint density at radius 1 is 1.58 bits per heavy atom. The molecule has 2 N–H and O–H groups in total. The highest BCUT2D eigenvalue weighted by Crippen LogP contribution is 2.33. The van der Waals surface area contributed by atoms with Crippen LogP contribution in [0.3, 0.4) is 0 Å². The van der Waals surface area contributed by atoms with E-state index in [4.69, 9.17) is 10.5 Å². The van der Waals surface area contributed by atoms with Gasteiger partial charge in [0.25, 0.3) is 0 Å². The number of nitrogens with zero attached hydrogens (tertiary/aromatic N) is 1. The van der Waals surface area contributed by atoms with Crippen LogP contribution in [0.1, 0.15) is 37.4 Å². The normalized spacial score (nSPS) is 18.8. The Morgan fingerprint density at radius 3 is 3.00 bits per heavy atom. The van der Waals surface area contributed by atoms with E-state index in [2.05, 4.69) is 11.1 Å². The lowest BCUT2D eigenvalue weighted by Gasteiger charge is -2.21. The van der Waals surface area contributed by atoms with Gasteiger partial charge in [0.2, 0.25) is 0 Å². The number of allylic oxidation sites excluding steroid dienone is 2. The summed E-state index contributed by atoms with van der Waals surface area (Å²) in [6.07, 6.45) is 6.19. The molecule has 1 unspecified atom stereocenters. The molecule has 1 aliphatic rings. The van der Waals surface area contributed by atoms with Crippen molar-refractivity contribution in [1.29, 1.82) is 0 Å². The molecule has 4 heteroatoms. The highest BCUT2D eigenvalue weighted by atomic mass is 16.5. The molecule has 0 bridgehead atoms. The van der Waals surface area contributed by atoms with Crippen molar-refractivity contribution in [2.45, 2.75) is 33.1 Å². The van der Waals surface area contributed by atoms with E-state index in [9.17, 15) is 4.79 Å². The van der Waals surface area contributed by atoms with Gasteiger partial charge >= 0.3 is 5.97 Å². The van der Waals surface area contributed by atoms with Crippen molar-refractivity contribution in [3.63, 3.8) is 0 Å². The van der Waals surface area contributed by atoms with Gasteiger partial charge in [-0.2, -0.15) is 0 Å². The third-order valence-corrected chi connectivity index (χ3v) is 3.54. The molecule has 1 aromatic rings. The number of carbonyl (C=O) groups excluding carboxylic acids is 1. The Morgan fingerprint density at radius 2 is 2.37 bits per heavy atom. The Balaban J connectivity index is 2.13. The molecular formula is C15H20N2O2. The van der Waals surface area contributed by atoms with Crippen LogP contribution in [0.25, 0.3) is 5.57 Å². The first-order valence-electron chi connectivity index (χ1n) is 6.70. The van der Waals surface area contributed by atoms with Crippen molar-refractivity contribution >= 4 is 17.2 Å². The summed E-state index contributed by atoms with van der Waals surface area (Å²) in [6, 6.07) is 1.91. The summed E-state index contributed by atoms with van der Waals surface area (Å²) in [5.41, 5.74) is 9.84. The summed E-state index contributed by atoms with van der Waals surface area (Å²) in [6.45, 7) is 4.25. The number of aryl methyl sites for hydroxylation is 1. The van der Waals surface area contributed by atoms with Crippen molar-refractivity contribution in [3.8, 4) is 0 Å². The summed E-state index contributed by atoms with van der Waals surface area (Å²) < 4.78 is 5.06. The van der Waals surface area contributed by atoms with Gasteiger partial charge in [-0.1, -0.05) is 6.08 Å². The highest BCUT2D eigenvalue weighted by molar-refractivity contribution is 5.78. The van der Waals surface area contributed by atoms with Gasteiger partial charge in [-0.3, -0.25) is 9.78 Å². The molecule has 0 aromatic carbocycles. The largest absolute Gasteiger partial charge is 0.466 e. The molecule has 0 spiro atoms. The van der Waals surface area contributed by atoms with Crippen molar-refractivity contribution in [3.05, 3.63) is 29.6 Å². The second-order valence-electron chi connectivity index (χ2n) is 4.84. The lowest BCUT2D eigenvalue weighted by Crippen LogP contribution is -2.19. The van der Waals surface area contributed by atoms with E-state index in [0.717, 1.165) is 35.4 Å². The minimum Gasteiger partial charge on any atom is -0.466 e. The van der Waals surface area contributed by atoms with Crippen LogP contribution in [0.5, 0.6) is 0 Å². The number of aromatic nitrogens is 1. The molecule has 102 valence electrons. The molecule has 0 amide bonds. The Hall–Kier alpha value is -1.84. The quantitative estimate of drug-likeness (QED) is 0.849. The SMILES string of the molecule is CCOC(=O)C1CC=C(c2nccc(C)c2N)CC1. The van der Waals surface area contributed by atoms with Crippen LogP contribution in [0, 0.1) is 12.8 Å². The summed E-state index contributed by atoms with van der Waals surface area (Å²) in [7, 11) is 0. The van der Waals surface area contributed by atoms with E-state index in [1.165, 1.54) is 0 Å². The molecule has 0 saturated carbocycles. The number of esters is 1. The van der Waals surface area contributed by atoms with Crippen molar-refractivity contribution < 1.29 is 9.53 Å². The molecule has 1 heterocycles. The highest BCUT2D eigenvalue weighted by Gasteiger charge is 2.24. The Kier molecular flexibility index (Phi) is 4.20. The van der Waals surface area contributed by atoms with Gasteiger partial charge in [0.05, 0.1) is 23.9 Å². The molecule has 2 rings (SSSR count). The first-order valence-corrected chi connectivity index (χ1v) is 6.70. The van der Waals surface area contributed by atoms with E-state index < -0.39 is 0 Å². The number of ether oxygens (including phenoxy) is 1. The average molecular weight is 260 g/mol. The second-order valence-corrected chi connectivity index (χ2v) is 4.84. The standard InChI is InChI=1S/C15H20N2O2/c1-3-19-15(18)12-6-4-11(5-7-12)14-13(16)10(2)8-9-17-14/h4,8-9,12H,3,5-7,16H2,1-2H3. The van der Waals surface area contributed by atoms with Gasteiger partial charge in [-0.15, -0.1) is 0 Å². The Bertz CT molecular complexity index is 509. The summed E-state index contributed by atoms with van der Waals surface area (Å²) in [5, 5.41) is 0. The molecule has 0 aliphatic heterocycles. The third kappa shape index (κ3) is 2.95. The van der Waals surface area contributed by atoms with Crippen LogP contribution >= 0.6 is 0 Å². The summed E-state index contributed by atoms with van der Waals surface area (Å²) >= 11 is 0. The molecule has 1 atom stereocenters. The fourth-order valence-electron chi connectivity index (χ4n) is 2.35. The number of hydrogen-bond acceptors (Lipinski definition) is 4. The van der Waals surface area contributed by atoms with E-state index in [-0.39, 0.29) is 11.9 Å². The number of hydrogen-bond donors (Lipinski definition) is 1. The molecule has 0 fully saturated rings. The molecule has 1 aromatic heterocycles. The van der Waals surface area contributed by atoms with E-state index >= 15 is 0 Å². The van der Waals surface area contributed by atoms with Gasteiger partial charge in [-0.25, -0.2) is 0 Å². The molecule has 0 saturated heterocycles. The van der Waals surface area contributed by atoms with Gasteiger partial charge in [0, 0.05) is 6.20 Å². The maximum absolute atomic E-state index is 11.7. The van der Waals surface area contributed by atoms with Crippen LogP contribution < -0.4 is 5.73 Å². The lowest BCUT2D eigenvalue weighted by atomic mass is 9.87. The number of anilines is 1. The first-order chi connectivity index (χ1) is 9.13. The molecular weight excluding hydrogens is 240 g/mol. The number of nitrogens with two attached hydrogens (primary N) is 1. The van der Waals surface area contributed by atoms with Crippen LogP contribution in [0.4, 0.5) is 5.69 Å². The van der Waals surface area contributed by atoms with E-state index in [0.29, 0.717) is 13.0 Å². The summed E-state index contributed by atoms with van der Waals surface area (Å²) in [4.78, 5) is 16.0. The van der Waals surface area contributed by atoms with E-state index in [1.54, 1.807) is 6.20 Å². The van der Waals surface area contributed by atoms with Crippen LogP contribution in [0.15, 0.2) is 18.3 Å². The van der Waals surface area contributed by atoms with Crippen LogP contribution in [0.2, 0.25) is 0 Å². The second kappa shape index (κ2) is 5.87. The van der Waals surface area contributed by atoms with Gasteiger partial charge in [0.15, 0.2) is 0 Å². The zero-order chi connectivity index (χ0) is 13.8. The third-order valence-electron chi connectivity index (χ3n) is 3.54. The maximum Gasteiger partial charge on any atom is 0.309 e. The first kappa shape index (κ1) is 13.6. The Labute approximate surface area is 113 Å². The summed E-state index contributed by atoms with van der Waals surface area (Å²) in [5.74, 6) is -0.113. The van der Waals surface area contributed by atoms with Gasteiger partial charge < -0.3 is 10.5 Å². The molecule has 4 nitrogen and oxygen atoms in total. The predicted octanol–water partition coefficient (Wildman–Crippen LogP) is 2.72. The van der Waals surface area contributed by atoms with Gasteiger partial charge in [-0.05, 0) is 50.3 Å². The smallest absolute Gasteiger partial charge is 0.309 e. The van der Waals surface area contributed by atoms with E-state index in [1.807, 2.05) is 19.9 Å². The predicted molar refractivity (Wildman–Crippen MR) is 75.3 cm³/mol.